The van der Waals surface area contributed by atoms with Crippen LogP contribution < -0.4 is 16.0 Å². The molecule has 3 atom stereocenters. The van der Waals surface area contributed by atoms with Gasteiger partial charge in [-0.2, -0.15) is 0 Å². The number of hydrogen-bond acceptors (Lipinski definition) is 5. The van der Waals surface area contributed by atoms with Crippen LogP contribution >= 0.6 is 0 Å². The maximum absolute atomic E-state index is 12.2. The van der Waals surface area contributed by atoms with Crippen molar-refractivity contribution in [2.24, 2.45) is 0 Å². The second kappa shape index (κ2) is 6.43. The Morgan fingerprint density at radius 3 is 2.69 bits per heavy atom. The Balaban J connectivity index is 1.80. The van der Waals surface area contributed by atoms with Gasteiger partial charge in [0, 0.05) is 23.7 Å². The molecular weight excluding hydrogens is 330 g/mol. The Morgan fingerprint density at radius 1 is 1.31 bits per heavy atom. The monoisotopic (exact) mass is 361 g/mol. The van der Waals surface area contributed by atoms with Gasteiger partial charge in [0.1, 0.15) is 5.60 Å². The van der Waals surface area contributed by atoms with Gasteiger partial charge in [0.05, 0.1) is 11.6 Å². The SMILES string of the molecule is CC(C)(C)OC(=O)NC(C)(C)[C@@H](O)[C@@H]1NCC[C@]12CNc1ccccc12. The molecule has 144 valence electrons. The second-order valence-electron chi connectivity index (χ2n) is 9.03. The number of aliphatic hydroxyl groups is 1. The fourth-order valence-electron chi connectivity index (χ4n) is 4.19. The smallest absolute Gasteiger partial charge is 0.408 e. The van der Waals surface area contributed by atoms with Gasteiger partial charge >= 0.3 is 6.09 Å². The van der Waals surface area contributed by atoms with Crippen molar-refractivity contribution < 1.29 is 14.6 Å². The van der Waals surface area contributed by atoms with E-state index in [1.807, 2.05) is 46.8 Å². The summed E-state index contributed by atoms with van der Waals surface area (Å²) >= 11 is 0. The molecule has 1 aromatic rings. The van der Waals surface area contributed by atoms with Gasteiger partial charge < -0.3 is 25.8 Å². The largest absolute Gasteiger partial charge is 0.444 e. The van der Waals surface area contributed by atoms with Crippen molar-refractivity contribution in [3.63, 3.8) is 0 Å². The Kier molecular flexibility index (Phi) is 4.69. The van der Waals surface area contributed by atoms with E-state index in [-0.39, 0.29) is 11.5 Å². The van der Waals surface area contributed by atoms with Crippen molar-refractivity contribution in [3.05, 3.63) is 29.8 Å². The summed E-state index contributed by atoms with van der Waals surface area (Å²) in [6.07, 6.45) is -0.342. The molecule has 1 aromatic carbocycles. The molecule has 0 aromatic heterocycles. The van der Waals surface area contributed by atoms with Crippen LogP contribution in [0.4, 0.5) is 10.5 Å². The van der Waals surface area contributed by atoms with Gasteiger partial charge in [-0.05, 0) is 59.2 Å². The van der Waals surface area contributed by atoms with E-state index in [1.165, 1.54) is 5.56 Å². The Bertz CT molecular complexity index is 683. The number of carbonyl (C=O) groups is 1. The second-order valence-corrected chi connectivity index (χ2v) is 9.03. The zero-order valence-electron chi connectivity index (χ0n) is 16.3. The molecule has 1 spiro atoms. The number of fused-ring (bicyclic) bond motifs is 2. The van der Waals surface area contributed by atoms with Crippen LogP contribution in [0.15, 0.2) is 24.3 Å². The fraction of sp³-hybridized carbons (Fsp3) is 0.650. The van der Waals surface area contributed by atoms with Gasteiger partial charge in [-0.25, -0.2) is 4.79 Å². The molecule has 1 saturated heterocycles. The van der Waals surface area contributed by atoms with Gasteiger partial charge in [0.25, 0.3) is 0 Å². The van der Waals surface area contributed by atoms with Crippen molar-refractivity contribution >= 4 is 11.8 Å². The predicted octanol–water partition coefficient (Wildman–Crippen LogP) is 2.38. The molecule has 4 N–H and O–H groups in total. The highest BCUT2D eigenvalue weighted by Crippen LogP contribution is 2.46. The molecule has 0 bridgehead atoms. The summed E-state index contributed by atoms with van der Waals surface area (Å²) in [5.74, 6) is 0. The van der Waals surface area contributed by atoms with Crippen molar-refractivity contribution in [2.45, 2.75) is 69.7 Å². The average Bonchev–Trinajstić information content (AvgIpc) is 3.10. The third-order valence-corrected chi connectivity index (χ3v) is 5.47. The molecule has 0 aliphatic carbocycles. The van der Waals surface area contributed by atoms with Crippen LogP contribution in [0.1, 0.15) is 46.6 Å². The number of amides is 1. The summed E-state index contributed by atoms with van der Waals surface area (Å²) in [5.41, 5.74) is 0.776. The lowest BCUT2D eigenvalue weighted by atomic mass is 9.71. The summed E-state index contributed by atoms with van der Waals surface area (Å²) in [4.78, 5) is 12.2. The molecular formula is C20H31N3O3. The van der Waals surface area contributed by atoms with Gasteiger partial charge in [-0.1, -0.05) is 18.2 Å². The molecule has 2 aliphatic rings. The first-order valence-electron chi connectivity index (χ1n) is 9.31. The molecule has 6 nitrogen and oxygen atoms in total. The number of nitrogens with one attached hydrogen (secondary N) is 3. The standard InChI is InChI=1S/C20H31N3O3/c1-18(2,3)26-17(25)23-19(4,5)16(24)15-20(10-11-21-15)12-22-14-9-7-6-8-13(14)20/h6-9,15-16,21-22,24H,10-12H2,1-5H3,(H,23,25)/t15-,16-,20+/m0/s1. The van der Waals surface area contributed by atoms with Crippen LogP contribution in [0.25, 0.3) is 0 Å². The number of hydrogen-bond donors (Lipinski definition) is 4. The van der Waals surface area contributed by atoms with E-state index >= 15 is 0 Å². The number of aliphatic hydroxyl groups excluding tert-OH is 1. The summed E-state index contributed by atoms with van der Waals surface area (Å²) < 4.78 is 5.37. The Hall–Kier alpha value is -1.79. The molecule has 0 saturated carbocycles. The van der Waals surface area contributed by atoms with Crippen LogP contribution in [0.2, 0.25) is 0 Å². The fourth-order valence-corrected chi connectivity index (χ4v) is 4.19. The number of para-hydroxylation sites is 1. The maximum Gasteiger partial charge on any atom is 0.408 e. The van der Waals surface area contributed by atoms with E-state index in [0.717, 1.165) is 25.2 Å². The third-order valence-electron chi connectivity index (χ3n) is 5.47. The van der Waals surface area contributed by atoms with E-state index in [4.69, 9.17) is 4.74 Å². The minimum atomic E-state index is -0.838. The summed E-state index contributed by atoms with van der Waals surface area (Å²) in [6.45, 7) is 10.8. The molecule has 2 heterocycles. The van der Waals surface area contributed by atoms with Gasteiger partial charge in [0.15, 0.2) is 0 Å². The molecule has 6 heteroatoms. The van der Waals surface area contributed by atoms with Crippen LogP contribution in [0.5, 0.6) is 0 Å². The molecule has 1 fully saturated rings. The highest BCUT2D eigenvalue weighted by Gasteiger charge is 2.54. The average molecular weight is 361 g/mol. The number of anilines is 1. The maximum atomic E-state index is 12.2. The predicted molar refractivity (Wildman–Crippen MR) is 102 cm³/mol. The number of rotatable bonds is 3. The molecule has 2 aliphatic heterocycles. The van der Waals surface area contributed by atoms with Crippen molar-refractivity contribution in [1.82, 2.24) is 10.6 Å². The van der Waals surface area contributed by atoms with E-state index in [9.17, 15) is 9.90 Å². The third kappa shape index (κ3) is 3.40. The lowest BCUT2D eigenvalue weighted by molar-refractivity contribution is 0.0121. The van der Waals surface area contributed by atoms with Crippen molar-refractivity contribution in [1.29, 1.82) is 0 Å². The van der Waals surface area contributed by atoms with Crippen LogP contribution in [0, 0.1) is 0 Å². The van der Waals surface area contributed by atoms with Gasteiger partial charge in [0.2, 0.25) is 0 Å². The van der Waals surface area contributed by atoms with Crippen LogP contribution in [-0.4, -0.2) is 47.6 Å². The highest BCUT2D eigenvalue weighted by molar-refractivity contribution is 5.69. The quantitative estimate of drug-likeness (QED) is 0.664. The molecule has 0 unspecified atom stereocenters. The highest BCUT2D eigenvalue weighted by atomic mass is 16.6. The van der Waals surface area contributed by atoms with E-state index in [1.54, 1.807) is 0 Å². The first-order chi connectivity index (χ1) is 12.1. The summed E-state index contributed by atoms with van der Waals surface area (Å²) in [5, 5.41) is 21.0. The zero-order valence-corrected chi connectivity index (χ0v) is 16.3. The lowest BCUT2D eigenvalue weighted by Crippen LogP contribution is -2.63. The van der Waals surface area contributed by atoms with E-state index in [0.29, 0.717) is 0 Å². The van der Waals surface area contributed by atoms with Crippen LogP contribution in [0.3, 0.4) is 0 Å². The molecule has 1 amide bonds. The number of alkyl carbamates (subject to hydrolysis) is 1. The first-order valence-corrected chi connectivity index (χ1v) is 9.31. The Labute approximate surface area is 155 Å². The Morgan fingerprint density at radius 2 is 2.00 bits per heavy atom. The number of carbonyl (C=O) groups excluding carboxylic acids is 1. The molecule has 0 radical (unpaired) electrons. The van der Waals surface area contributed by atoms with Gasteiger partial charge in [-0.15, -0.1) is 0 Å². The minimum absolute atomic E-state index is 0.163. The lowest BCUT2D eigenvalue weighted by Gasteiger charge is -2.41. The normalized spacial score (nSPS) is 26.3. The number of ether oxygens (including phenoxy) is 1. The zero-order chi connectivity index (χ0) is 19.2. The van der Waals surface area contributed by atoms with Crippen molar-refractivity contribution in [3.8, 4) is 0 Å². The molecule has 3 rings (SSSR count). The summed E-state index contributed by atoms with van der Waals surface area (Å²) in [7, 11) is 0. The van der Waals surface area contributed by atoms with Crippen molar-refractivity contribution in [2.75, 3.05) is 18.4 Å². The van der Waals surface area contributed by atoms with E-state index < -0.39 is 23.3 Å². The van der Waals surface area contributed by atoms with E-state index in [2.05, 4.69) is 28.1 Å². The number of benzene rings is 1. The summed E-state index contributed by atoms with van der Waals surface area (Å²) in [6, 6.07) is 8.11. The van der Waals surface area contributed by atoms with Gasteiger partial charge in [-0.3, -0.25) is 0 Å². The molecule has 26 heavy (non-hydrogen) atoms. The topological polar surface area (TPSA) is 82.6 Å². The first kappa shape index (κ1) is 19.0. The minimum Gasteiger partial charge on any atom is -0.444 e. The van der Waals surface area contributed by atoms with Crippen LogP contribution in [-0.2, 0) is 10.2 Å².